The number of methoxy groups -OCH3 is 1. The van der Waals surface area contributed by atoms with Crippen LogP contribution in [0, 0.1) is 0 Å². The van der Waals surface area contributed by atoms with Crippen LogP contribution in [0.3, 0.4) is 0 Å². The highest BCUT2D eigenvalue weighted by Crippen LogP contribution is 2.24. The number of Topliss-reactive ketones (excluding diaryl/α,β-unsaturated/α-hetero) is 1. The summed E-state index contributed by atoms with van der Waals surface area (Å²) in [5.74, 6) is 0.591. The first-order valence-electron chi connectivity index (χ1n) is 5.41. The van der Waals surface area contributed by atoms with Gasteiger partial charge in [0.15, 0.2) is 5.78 Å². The molecule has 1 atom stereocenters. The minimum absolute atomic E-state index is 0.00264. The van der Waals surface area contributed by atoms with Crippen molar-refractivity contribution >= 4 is 21.7 Å². The molecule has 0 amide bonds. The van der Waals surface area contributed by atoms with Gasteiger partial charge in [-0.1, -0.05) is 15.9 Å². The molecule has 0 spiro atoms. The predicted octanol–water partition coefficient (Wildman–Crippen LogP) is 1.63. The molecule has 1 fully saturated rings. The molecule has 0 radical (unpaired) electrons. The van der Waals surface area contributed by atoms with Crippen LogP contribution in [0.2, 0.25) is 0 Å². The van der Waals surface area contributed by atoms with Gasteiger partial charge >= 0.3 is 0 Å². The lowest BCUT2D eigenvalue weighted by Gasteiger charge is -2.23. The molecular weight excluding hydrogens is 286 g/mol. The van der Waals surface area contributed by atoms with E-state index in [1.54, 1.807) is 19.2 Å². The fraction of sp³-hybridized carbons (Fsp3) is 0.417. The fourth-order valence-corrected chi connectivity index (χ4v) is 2.16. The Hall–Kier alpha value is -0.910. The quantitative estimate of drug-likeness (QED) is 0.862. The van der Waals surface area contributed by atoms with Crippen molar-refractivity contribution in [2.45, 2.75) is 6.04 Å². The number of carbonyl (C=O) groups excluding carboxylic acids is 1. The molecule has 5 heteroatoms. The van der Waals surface area contributed by atoms with Crippen molar-refractivity contribution < 1.29 is 14.3 Å². The molecule has 0 saturated carbocycles. The number of morpholine rings is 1. The topological polar surface area (TPSA) is 47.6 Å². The van der Waals surface area contributed by atoms with Gasteiger partial charge in [0.25, 0.3) is 0 Å². The van der Waals surface area contributed by atoms with Crippen LogP contribution in [0.4, 0.5) is 0 Å². The number of halogens is 1. The smallest absolute Gasteiger partial charge is 0.185 e. The SMILES string of the molecule is COc1ccc(Br)cc1C(=O)C1COCCN1. The summed E-state index contributed by atoms with van der Waals surface area (Å²) >= 11 is 3.36. The zero-order valence-electron chi connectivity index (χ0n) is 9.53. The van der Waals surface area contributed by atoms with E-state index in [9.17, 15) is 4.79 Å². The highest BCUT2D eigenvalue weighted by molar-refractivity contribution is 9.10. The van der Waals surface area contributed by atoms with Gasteiger partial charge in [-0.3, -0.25) is 4.79 Å². The third kappa shape index (κ3) is 2.86. The molecule has 0 aromatic heterocycles. The monoisotopic (exact) mass is 299 g/mol. The van der Waals surface area contributed by atoms with Crippen LogP contribution >= 0.6 is 15.9 Å². The van der Waals surface area contributed by atoms with Crippen LogP contribution in [0.15, 0.2) is 22.7 Å². The number of ketones is 1. The summed E-state index contributed by atoms with van der Waals surface area (Å²) in [6.45, 7) is 1.76. The van der Waals surface area contributed by atoms with E-state index < -0.39 is 0 Å². The molecule has 1 aromatic carbocycles. The average molecular weight is 300 g/mol. The normalized spacial score (nSPS) is 20.0. The minimum Gasteiger partial charge on any atom is -0.496 e. The van der Waals surface area contributed by atoms with Crippen LogP contribution in [-0.2, 0) is 4.74 Å². The Bertz CT molecular complexity index is 416. The maximum atomic E-state index is 12.3. The van der Waals surface area contributed by atoms with Crippen LogP contribution in [0.25, 0.3) is 0 Å². The Morgan fingerprint density at radius 3 is 3.06 bits per heavy atom. The number of rotatable bonds is 3. The van der Waals surface area contributed by atoms with E-state index >= 15 is 0 Å². The molecule has 0 bridgehead atoms. The second kappa shape index (κ2) is 5.62. The Morgan fingerprint density at radius 1 is 1.59 bits per heavy atom. The van der Waals surface area contributed by atoms with Gasteiger partial charge in [0.2, 0.25) is 0 Å². The minimum atomic E-state index is -0.285. The molecule has 92 valence electrons. The highest BCUT2D eigenvalue weighted by Gasteiger charge is 2.25. The van der Waals surface area contributed by atoms with E-state index in [1.807, 2.05) is 6.07 Å². The summed E-state index contributed by atoms with van der Waals surface area (Å²) in [5, 5.41) is 3.14. The van der Waals surface area contributed by atoms with Gasteiger partial charge in [-0.15, -0.1) is 0 Å². The zero-order valence-corrected chi connectivity index (χ0v) is 11.1. The second-order valence-corrected chi connectivity index (χ2v) is 4.71. The van der Waals surface area contributed by atoms with Crippen molar-refractivity contribution in [1.82, 2.24) is 5.32 Å². The van der Waals surface area contributed by atoms with Crippen molar-refractivity contribution in [3.05, 3.63) is 28.2 Å². The van der Waals surface area contributed by atoms with Crippen molar-refractivity contribution in [2.75, 3.05) is 26.9 Å². The number of nitrogens with one attached hydrogen (secondary N) is 1. The summed E-state index contributed by atoms with van der Waals surface area (Å²) in [7, 11) is 1.56. The maximum absolute atomic E-state index is 12.3. The molecule has 1 saturated heterocycles. The molecule has 1 heterocycles. The van der Waals surface area contributed by atoms with E-state index in [2.05, 4.69) is 21.2 Å². The van der Waals surface area contributed by atoms with E-state index in [0.29, 0.717) is 31.1 Å². The first-order valence-corrected chi connectivity index (χ1v) is 6.20. The van der Waals surface area contributed by atoms with Crippen LogP contribution in [-0.4, -0.2) is 38.7 Å². The summed E-state index contributed by atoms with van der Waals surface area (Å²) in [6.07, 6.45) is 0. The number of hydrogen-bond acceptors (Lipinski definition) is 4. The van der Waals surface area contributed by atoms with Crippen molar-refractivity contribution in [3.8, 4) is 5.75 Å². The van der Waals surface area contributed by atoms with Crippen molar-refractivity contribution in [1.29, 1.82) is 0 Å². The first kappa shape index (κ1) is 12.5. The van der Waals surface area contributed by atoms with E-state index in [0.717, 1.165) is 4.47 Å². The predicted molar refractivity (Wildman–Crippen MR) is 67.6 cm³/mol. The summed E-state index contributed by atoms with van der Waals surface area (Å²) in [5.41, 5.74) is 0.574. The molecule has 17 heavy (non-hydrogen) atoms. The molecule has 4 nitrogen and oxygen atoms in total. The van der Waals surface area contributed by atoms with Crippen LogP contribution in [0.5, 0.6) is 5.75 Å². The van der Waals surface area contributed by atoms with Crippen molar-refractivity contribution in [3.63, 3.8) is 0 Å². The second-order valence-electron chi connectivity index (χ2n) is 3.79. The lowest BCUT2D eigenvalue weighted by atomic mass is 10.0. The molecule has 2 rings (SSSR count). The van der Waals surface area contributed by atoms with E-state index in [-0.39, 0.29) is 11.8 Å². The first-order chi connectivity index (χ1) is 8.22. The lowest BCUT2D eigenvalue weighted by Crippen LogP contribution is -2.46. The number of benzene rings is 1. The summed E-state index contributed by atoms with van der Waals surface area (Å²) in [4.78, 5) is 12.3. The number of ether oxygens (including phenoxy) is 2. The fourth-order valence-electron chi connectivity index (χ4n) is 1.79. The van der Waals surface area contributed by atoms with Gasteiger partial charge in [0, 0.05) is 11.0 Å². The molecule has 0 aliphatic carbocycles. The van der Waals surface area contributed by atoms with Crippen molar-refractivity contribution in [2.24, 2.45) is 0 Å². The molecule has 1 aliphatic heterocycles. The summed E-state index contributed by atoms with van der Waals surface area (Å²) in [6, 6.07) is 5.12. The molecule has 1 N–H and O–H groups in total. The lowest BCUT2D eigenvalue weighted by molar-refractivity contribution is 0.0605. The van der Waals surface area contributed by atoms with E-state index in [1.165, 1.54) is 0 Å². The van der Waals surface area contributed by atoms with Gasteiger partial charge in [-0.2, -0.15) is 0 Å². The average Bonchev–Trinajstić information content (AvgIpc) is 2.39. The third-order valence-corrected chi connectivity index (χ3v) is 3.16. The van der Waals surface area contributed by atoms with Crippen LogP contribution in [0.1, 0.15) is 10.4 Å². The van der Waals surface area contributed by atoms with Crippen LogP contribution < -0.4 is 10.1 Å². The highest BCUT2D eigenvalue weighted by atomic mass is 79.9. The molecule has 1 aliphatic rings. The standard InChI is InChI=1S/C12H14BrNO3/c1-16-11-3-2-8(13)6-9(11)12(15)10-7-17-5-4-14-10/h2-3,6,10,14H,4-5,7H2,1H3. The summed E-state index contributed by atoms with van der Waals surface area (Å²) < 4.78 is 11.4. The van der Waals surface area contributed by atoms with Gasteiger partial charge in [-0.05, 0) is 18.2 Å². The van der Waals surface area contributed by atoms with Gasteiger partial charge in [-0.25, -0.2) is 0 Å². The van der Waals surface area contributed by atoms with Gasteiger partial charge < -0.3 is 14.8 Å². The largest absolute Gasteiger partial charge is 0.496 e. The van der Waals surface area contributed by atoms with E-state index in [4.69, 9.17) is 9.47 Å². The van der Waals surface area contributed by atoms with Gasteiger partial charge in [0.1, 0.15) is 5.75 Å². The maximum Gasteiger partial charge on any atom is 0.185 e. The third-order valence-electron chi connectivity index (χ3n) is 2.67. The Morgan fingerprint density at radius 2 is 2.41 bits per heavy atom. The molecule has 1 aromatic rings. The Kier molecular flexibility index (Phi) is 4.15. The van der Waals surface area contributed by atoms with Gasteiger partial charge in [0.05, 0.1) is 31.9 Å². The zero-order chi connectivity index (χ0) is 12.3. The number of carbonyl (C=O) groups is 1. The Balaban J connectivity index is 2.25. The number of hydrogen-bond donors (Lipinski definition) is 1. The Labute approximate surface area is 108 Å². The molecular formula is C12H14BrNO3. The molecule has 1 unspecified atom stereocenters.